The molecule has 8 nitrogen and oxygen atoms in total. The van der Waals surface area contributed by atoms with E-state index in [0.717, 1.165) is 86.7 Å². The van der Waals surface area contributed by atoms with E-state index in [1.54, 1.807) is 23.7 Å². The number of hydrogen-bond acceptors (Lipinski definition) is 6. The number of anilines is 1. The Morgan fingerprint density at radius 3 is 2.74 bits per heavy atom. The van der Waals surface area contributed by atoms with Crippen molar-refractivity contribution in [3.8, 4) is 0 Å². The van der Waals surface area contributed by atoms with Crippen LogP contribution in [-0.2, 0) is 9.47 Å². The molecule has 5 rings (SSSR count). The number of hydrogen-bond donors (Lipinski definition) is 1. The Hall–Kier alpha value is -3.65. The molecule has 35 heavy (non-hydrogen) atoms. The molecule has 0 bridgehead atoms. The molecule has 1 saturated heterocycles. The summed E-state index contributed by atoms with van der Waals surface area (Å²) in [6.07, 6.45) is 15.2. The quantitative estimate of drug-likeness (QED) is 0.557. The molecule has 2 N–H and O–H groups in total. The first-order valence-electron chi connectivity index (χ1n) is 12.3. The number of urea groups is 1. The average Bonchev–Trinajstić information content (AvgIpc) is 3.33. The molecule has 184 valence electrons. The summed E-state index contributed by atoms with van der Waals surface area (Å²) in [6, 6.07) is 7.22. The van der Waals surface area contributed by atoms with E-state index in [2.05, 4.69) is 28.0 Å². The van der Waals surface area contributed by atoms with Crippen molar-refractivity contribution >= 4 is 22.7 Å². The van der Waals surface area contributed by atoms with Gasteiger partial charge >= 0.3 is 6.03 Å². The number of nitrogens with zero attached hydrogens (tertiary/aromatic N) is 3. The molecule has 2 amide bonds. The van der Waals surface area contributed by atoms with Gasteiger partial charge in [-0.25, -0.2) is 4.79 Å². The Balaban J connectivity index is 1.06. The zero-order chi connectivity index (χ0) is 24.0. The van der Waals surface area contributed by atoms with Gasteiger partial charge in [0.25, 0.3) is 0 Å². The Morgan fingerprint density at radius 2 is 1.94 bits per heavy atom. The second-order valence-corrected chi connectivity index (χ2v) is 8.98. The molecular weight excluding hydrogens is 444 g/mol. The number of ether oxygens (including phenoxy) is 2. The van der Waals surface area contributed by atoms with E-state index in [-0.39, 0.29) is 0 Å². The van der Waals surface area contributed by atoms with Crippen LogP contribution in [0.3, 0.4) is 0 Å². The number of benzene rings is 1. The van der Waals surface area contributed by atoms with E-state index in [1.165, 1.54) is 5.57 Å². The van der Waals surface area contributed by atoms with E-state index in [0.29, 0.717) is 6.54 Å². The number of furan rings is 1. The van der Waals surface area contributed by atoms with E-state index in [1.807, 2.05) is 24.3 Å². The number of amides is 2. The van der Waals surface area contributed by atoms with Crippen LogP contribution >= 0.6 is 0 Å². The van der Waals surface area contributed by atoms with Gasteiger partial charge in [0.05, 0.1) is 5.69 Å². The SMILES string of the molecule is NC(=O)N(CCCCN1CCN(C2=COC=C(C3=CC=CCC3)O2)CC1)c1coc2ccccc12. The van der Waals surface area contributed by atoms with Crippen molar-refractivity contribution < 1.29 is 18.7 Å². The molecule has 3 heterocycles. The molecule has 0 atom stereocenters. The molecule has 0 radical (unpaired) electrons. The Morgan fingerprint density at radius 1 is 1.09 bits per heavy atom. The predicted octanol–water partition coefficient (Wildman–Crippen LogP) is 4.68. The summed E-state index contributed by atoms with van der Waals surface area (Å²) < 4.78 is 17.3. The zero-order valence-electron chi connectivity index (χ0n) is 19.9. The fourth-order valence-corrected chi connectivity index (χ4v) is 4.72. The second-order valence-electron chi connectivity index (χ2n) is 8.98. The van der Waals surface area contributed by atoms with Crippen LogP contribution in [0.25, 0.3) is 11.0 Å². The lowest BCUT2D eigenvalue weighted by atomic mass is 10.0. The maximum Gasteiger partial charge on any atom is 0.319 e. The molecule has 1 aromatic heterocycles. The lowest BCUT2D eigenvalue weighted by Crippen LogP contribution is -2.46. The number of unbranched alkanes of at least 4 members (excludes halogenated alkanes) is 1. The Labute approximate surface area is 205 Å². The number of piperazine rings is 1. The number of nitrogens with two attached hydrogens (primary N) is 1. The molecule has 3 aliphatic rings. The summed E-state index contributed by atoms with van der Waals surface area (Å²) in [6.45, 7) is 5.23. The maximum absolute atomic E-state index is 12.1. The van der Waals surface area contributed by atoms with Crippen LogP contribution in [0, 0.1) is 0 Å². The van der Waals surface area contributed by atoms with E-state index >= 15 is 0 Å². The maximum atomic E-state index is 12.1. The van der Waals surface area contributed by atoms with Gasteiger partial charge in [0.2, 0.25) is 5.88 Å². The molecule has 0 unspecified atom stereocenters. The highest BCUT2D eigenvalue weighted by molar-refractivity contribution is 6.01. The van der Waals surface area contributed by atoms with Gasteiger partial charge in [0.15, 0.2) is 12.0 Å². The molecule has 1 aliphatic carbocycles. The largest absolute Gasteiger partial charge is 0.463 e. The number of carbonyl (C=O) groups excluding carboxylic acids is 1. The minimum Gasteiger partial charge on any atom is -0.463 e. The number of rotatable bonds is 8. The highest BCUT2D eigenvalue weighted by Crippen LogP contribution is 2.30. The van der Waals surface area contributed by atoms with Crippen LogP contribution < -0.4 is 10.6 Å². The zero-order valence-corrected chi connectivity index (χ0v) is 19.9. The third-order valence-corrected chi connectivity index (χ3v) is 6.70. The van der Waals surface area contributed by atoms with Crippen molar-refractivity contribution in [2.45, 2.75) is 25.7 Å². The van der Waals surface area contributed by atoms with Crippen LogP contribution in [0.15, 0.2) is 82.9 Å². The summed E-state index contributed by atoms with van der Waals surface area (Å²) in [7, 11) is 0. The molecule has 8 heteroatoms. The van der Waals surface area contributed by atoms with E-state index in [4.69, 9.17) is 19.6 Å². The highest BCUT2D eigenvalue weighted by atomic mass is 16.6. The third-order valence-electron chi connectivity index (χ3n) is 6.70. The molecule has 1 fully saturated rings. The minimum absolute atomic E-state index is 0.457. The second kappa shape index (κ2) is 10.7. The van der Waals surface area contributed by atoms with Gasteiger partial charge < -0.3 is 24.5 Å². The minimum atomic E-state index is -0.457. The molecule has 0 spiro atoms. The van der Waals surface area contributed by atoms with Crippen molar-refractivity contribution in [2.75, 3.05) is 44.2 Å². The van der Waals surface area contributed by atoms with Crippen LogP contribution in [0.1, 0.15) is 25.7 Å². The standard InChI is InChI=1S/C27H32N4O4/c28-27(32)31(23-18-34-24-11-5-4-10-22(23)24)13-7-6-12-29-14-16-30(17-15-29)26-20-33-19-25(35-26)21-8-2-1-3-9-21/h1-2,4-5,8,10-11,18-20H,3,6-7,9,12-17H2,(H2,28,32). The monoisotopic (exact) mass is 476 g/mol. The van der Waals surface area contributed by atoms with Crippen LogP contribution in [0.2, 0.25) is 0 Å². The third kappa shape index (κ3) is 5.38. The van der Waals surface area contributed by atoms with Gasteiger partial charge in [-0.05, 0) is 49.9 Å². The molecule has 1 aromatic carbocycles. The van der Waals surface area contributed by atoms with Crippen molar-refractivity contribution in [2.24, 2.45) is 5.73 Å². The summed E-state index contributed by atoms with van der Waals surface area (Å²) in [5.74, 6) is 1.58. The van der Waals surface area contributed by atoms with Gasteiger partial charge in [0.1, 0.15) is 18.1 Å². The predicted molar refractivity (Wildman–Crippen MR) is 135 cm³/mol. The van der Waals surface area contributed by atoms with Crippen LogP contribution in [-0.4, -0.2) is 55.1 Å². The summed E-state index contributed by atoms with van der Waals surface area (Å²) >= 11 is 0. The first-order chi connectivity index (χ1) is 17.2. The summed E-state index contributed by atoms with van der Waals surface area (Å²) in [5, 5.41) is 0.903. The van der Waals surface area contributed by atoms with E-state index in [9.17, 15) is 4.79 Å². The number of primary amides is 1. The Kier molecular flexibility index (Phi) is 7.09. The fraction of sp³-hybridized carbons (Fsp3) is 0.370. The van der Waals surface area contributed by atoms with Gasteiger partial charge in [-0.3, -0.25) is 9.80 Å². The number of fused-ring (bicyclic) bond motifs is 1. The summed E-state index contributed by atoms with van der Waals surface area (Å²) in [4.78, 5) is 18.4. The van der Waals surface area contributed by atoms with E-state index < -0.39 is 6.03 Å². The molecule has 2 aliphatic heterocycles. The van der Waals surface area contributed by atoms with Crippen LogP contribution in [0.5, 0.6) is 0 Å². The topological polar surface area (TPSA) is 84.4 Å². The van der Waals surface area contributed by atoms with Gasteiger partial charge in [-0.2, -0.15) is 0 Å². The van der Waals surface area contributed by atoms with Crippen LogP contribution in [0.4, 0.5) is 10.5 Å². The fourth-order valence-electron chi connectivity index (χ4n) is 4.72. The lowest BCUT2D eigenvalue weighted by molar-refractivity contribution is 0.0787. The van der Waals surface area contributed by atoms with Crippen molar-refractivity contribution in [1.82, 2.24) is 9.80 Å². The lowest BCUT2D eigenvalue weighted by Gasteiger charge is -2.37. The van der Waals surface area contributed by atoms with Gasteiger partial charge in [-0.15, -0.1) is 0 Å². The van der Waals surface area contributed by atoms with Gasteiger partial charge in [0, 0.05) is 38.1 Å². The first kappa shape index (κ1) is 23.1. The normalized spacial score (nSPS) is 18.4. The summed E-state index contributed by atoms with van der Waals surface area (Å²) in [5.41, 5.74) is 8.34. The highest BCUT2D eigenvalue weighted by Gasteiger charge is 2.24. The number of carbonyl (C=O) groups is 1. The average molecular weight is 477 g/mol. The number of allylic oxidation sites excluding steroid dienone is 4. The molecular formula is C27H32N4O4. The smallest absolute Gasteiger partial charge is 0.319 e. The van der Waals surface area contributed by atoms with Crippen molar-refractivity contribution in [3.63, 3.8) is 0 Å². The van der Waals surface area contributed by atoms with Crippen molar-refractivity contribution in [1.29, 1.82) is 0 Å². The number of para-hydroxylation sites is 1. The Bertz CT molecular complexity index is 1170. The molecule has 0 saturated carbocycles. The molecule has 2 aromatic rings. The van der Waals surface area contributed by atoms with Crippen molar-refractivity contribution in [3.05, 3.63) is 78.5 Å². The van der Waals surface area contributed by atoms with Gasteiger partial charge in [-0.1, -0.05) is 30.4 Å². The first-order valence-corrected chi connectivity index (χ1v) is 12.3.